The first-order valence-electron chi connectivity index (χ1n) is 12.1. The van der Waals surface area contributed by atoms with Crippen LogP contribution in [0.4, 0.5) is 5.69 Å². The van der Waals surface area contributed by atoms with Gasteiger partial charge in [-0.2, -0.15) is 0 Å². The van der Waals surface area contributed by atoms with Crippen molar-refractivity contribution in [2.75, 3.05) is 12.0 Å². The Hall–Kier alpha value is -3.78. The zero-order valence-electron chi connectivity index (χ0n) is 19.8. The van der Waals surface area contributed by atoms with Gasteiger partial charge in [-0.25, -0.2) is 0 Å². The van der Waals surface area contributed by atoms with Gasteiger partial charge in [-0.05, 0) is 65.8 Å². The number of ether oxygens (including phenoxy) is 1. The number of rotatable bonds is 4. The molecule has 0 radical (unpaired) electrons. The Bertz CT molecular complexity index is 1380. The summed E-state index contributed by atoms with van der Waals surface area (Å²) >= 11 is 0. The molecule has 0 spiro atoms. The van der Waals surface area contributed by atoms with Crippen LogP contribution in [0.2, 0.25) is 0 Å². The molecule has 6 rings (SSSR count). The van der Waals surface area contributed by atoms with Crippen LogP contribution in [0, 0.1) is 6.92 Å². The fourth-order valence-electron chi connectivity index (χ4n) is 5.72. The highest BCUT2D eigenvalue weighted by Crippen LogP contribution is 2.51. The van der Waals surface area contributed by atoms with Crippen LogP contribution in [0.3, 0.4) is 0 Å². The Morgan fingerprint density at radius 1 is 0.824 bits per heavy atom. The van der Waals surface area contributed by atoms with E-state index in [1.54, 1.807) is 7.11 Å². The summed E-state index contributed by atoms with van der Waals surface area (Å²) in [5.41, 5.74) is 12.4. The zero-order valence-corrected chi connectivity index (χ0v) is 19.8. The van der Waals surface area contributed by atoms with E-state index < -0.39 is 0 Å². The standard InChI is InChI=1S/C32H29NO/c1-22-8-7-10-25(20-22)31-28-12-5-6-13-30(28)33(21-23-14-17-26(34-2)18-15-23)32-27-11-4-3-9-24(27)16-19-29(31)32/h3-15,17-18,20,31H,16,19,21H2,1-2H3/t31-/m1/s1. The van der Waals surface area contributed by atoms with Crippen LogP contribution in [-0.4, -0.2) is 7.11 Å². The Labute approximate surface area is 202 Å². The van der Waals surface area contributed by atoms with Crippen molar-refractivity contribution in [2.45, 2.75) is 32.2 Å². The summed E-state index contributed by atoms with van der Waals surface area (Å²) in [4.78, 5) is 2.55. The summed E-state index contributed by atoms with van der Waals surface area (Å²) in [6.45, 7) is 3.02. The molecule has 0 unspecified atom stereocenters. The van der Waals surface area contributed by atoms with Gasteiger partial charge in [-0.3, -0.25) is 0 Å². The highest BCUT2D eigenvalue weighted by Gasteiger charge is 2.36. The van der Waals surface area contributed by atoms with Crippen LogP contribution in [-0.2, 0) is 13.0 Å². The zero-order chi connectivity index (χ0) is 23.1. The van der Waals surface area contributed by atoms with Gasteiger partial charge in [0.1, 0.15) is 5.75 Å². The molecule has 0 fully saturated rings. The van der Waals surface area contributed by atoms with Crippen LogP contribution >= 0.6 is 0 Å². The predicted molar refractivity (Wildman–Crippen MR) is 140 cm³/mol. The maximum Gasteiger partial charge on any atom is 0.118 e. The molecule has 0 amide bonds. The lowest BCUT2D eigenvalue weighted by Gasteiger charge is -2.43. The molecule has 0 aromatic heterocycles. The average molecular weight is 444 g/mol. The lowest BCUT2D eigenvalue weighted by atomic mass is 9.73. The van der Waals surface area contributed by atoms with E-state index in [1.807, 2.05) is 0 Å². The monoisotopic (exact) mass is 443 g/mol. The maximum absolute atomic E-state index is 5.40. The van der Waals surface area contributed by atoms with Crippen molar-refractivity contribution in [1.29, 1.82) is 0 Å². The molecule has 34 heavy (non-hydrogen) atoms. The number of aryl methyl sites for hydroxylation is 2. The second kappa shape index (κ2) is 8.53. The Morgan fingerprint density at radius 2 is 1.62 bits per heavy atom. The van der Waals surface area contributed by atoms with Gasteiger partial charge in [0.2, 0.25) is 0 Å². The van der Waals surface area contributed by atoms with Crippen molar-refractivity contribution >= 4 is 11.4 Å². The van der Waals surface area contributed by atoms with E-state index in [0.29, 0.717) is 0 Å². The number of hydrogen-bond donors (Lipinski definition) is 0. The lowest BCUT2D eigenvalue weighted by molar-refractivity contribution is 0.414. The van der Waals surface area contributed by atoms with Gasteiger partial charge in [0.05, 0.1) is 7.11 Å². The van der Waals surface area contributed by atoms with Crippen molar-refractivity contribution < 1.29 is 4.74 Å². The lowest BCUT2D eigenvalue weighted by Crippen LogP contribution is -2.32. The Kier molecular flexibility index (Phi) is 5.22. The van der Waals surface area contributed by atoms with Gasteiger partial charge >= 0.3 is 0 Å². The largest absolute Gasteiger partial charge is 0.497 e. The van der Waals surface area contributed by atoms with Crippen LogP contribution in [0.1, 0.15) is 45.7 Å². The van der Waals surface area contributed by atoms with Gasteiger partial charge in [0, 0.05) is 29.4 Å². The third-order valence-corrected chi connectivity index (χ3v) is 7.27. The van der Waals surface area contributed by atoms with Gasteiger partial charge in [-0.1, -0.05) is 84.4 Å². The molecule has 2 nitrogen and oxygen atoms in total. The second-order valence-corrected chi connectivity index (χ2v) is 9.37. The number of hydrogen-bond acceptors (Lipinski definition) is 2. The Balaban J connectivity index is 1.57. The minimum Gasteiger partial charge on any atom is -0.497 e. The highest BCUT2D eigenvalue weighted by molar-refractivity contribution is 5.90. The quantitative estimate of drug-likeness (QED) is 0.323. The second-order valence-electron chi connectivity index (χ2n) is 9.37. The number of anilines is 1. The predicted octanol–water partition coefficient (Wildman–Crippen LogP) is 7.51. The van der Waals surface area contributed by atoms with E-state index in [9.17, 15) is 0 Å². The van der Waals surface area contributed by atoms with Crippen LogP contribution < -0.4 is 9.64 Å². The van der Waals surface area contributed by atoms with E-state index >= 15 is 0 Å². The molecule has 1 atom stereocenters. The van der Waals surface area contributed by atoms with Crippen molar-refractivity contribution in [1.82, 2.24) is 0 Å². The average Bonchev–Trinajstić information content (AvgIpc) is 2.88. The molecule has 2 aliphatic rings. The summed E-state index contributed by atoms with van der Waals surface area (Å²) < 4.78 is 5.40. The molecule has 4 aromatic carbocycles. The van der Waals surface area contributed by atoms with Crippen LogP contribution in [0.5, 0.6) is 5.75 Å². The SMILES string of the molecule is COc1ccc(CN2C3=C(CCc4ccccc43)[C@H](c3cccc(C)c3)c3ccccc32)cc1. The molecular weight excluding hydrogens is 414 g/mol. The fraction of sp³-hybridized carbons (Fsp3) is 0.188. The number of nitrogens with zero attached hydrogens (tertiary/aromatic N) is 1. The third-order valence-electron chi connectivity index (χ3n) is 7.27. The van der Waals surface area contributed by atoms with Crippen molar-refractivity contribution in [2.24, 2.45) is 0 Å². The molecule has 2 heteroatoms. The smallest absolute Gasteiger partial charge is 0.118 e. The van der Waals surface area contributed by atoms with Crippen molar-refractivity contribution in [3.05, 3.63) is 136 Å². The van der Waals surface area contributed by atoms with E-state index in [4.69, 9.17) is 4.74 Å². The van der Waals surface area contributed by atoms with Crippen LogP contribution in [0.15, 0.2) is 103 Å². The molecule has 0 saturated heterocycles. The van der Waals surface area contributed by atoms with Crippen LogP contribution in [0.25, 0.3) is 5.70 Å². The van der Waals surface area contributed by atoms with Crippen molar-refractivity contribution in [3.8, 4) is 5.75 Å². The molecule has 0 N–H and O–H groups in total. The summed E-state index contributed by atoms with van der Waals surface area (Å²) in [6.07, 6.45) is 2.17. The molecular formula is C32H29NO. The first kappa shape index (κ1) is 20.8. The summed E-state index contributed by atoms with van der Waals surface area (Å²) in [5, 5.41) is 0. The van der Waals surface area contributed by atoms with E-state index in [0.717, 1.165) is 25.1 Å². The number of allylic oxidation sites excluding steroid dienone is 1. The Morgan fingerprint density at radius 3 is 2.44 bits per heavy atom. The van der Waals surface area contributed by atoms with Gasteiger partial charge in [-0.15, -0.1) is 0 Å². The highest BCUT2D eigenvalue weighted by atomic mass is 16.5. The summed E-state index contributed by atoms with van der Waals surface area (Å²) in [6, 6.07) is 35.5. The molecule has 4 aromatic rings. The van der Waals surface area contributed by atoms with E-state index in [-0.39, 0.29) is 5.92 Å². The summed E-state index contributed by atoms with van der Waals surface area (Å²) in [7, 11) is 1.72. The van der Waals surface area contributed by atoms with E-state index in [1.165, 1.54) is 50.3 Å². The number of methoxy groups -OCH3 is 1. The molecule has 168 valence electrons. The first-order chi connectivity index (χ1) is 16.7. The van der Waals surface area contributed by atoms with E-state index in [2.05, 4.69) is 109 Å². The summed E-state index contributed by atoms with van der Waals surface area (Å²) in [5.74, 6) is 1.18. The number of benzene rings is 4. The minimum atomic E-state index is 0.284. The fourth-order valence-corrected chi connectivity index (χ4v) is 5.72. The third kappa shape index (κ3) is 3.51. The number of para-hydroxylation sites is 1. The van der Waals surface area contributed by atoms with Gasteiger partial charge in [0.15, 0.2) is 0 Å². The molecule has 0 saturated carbocycles. The molecule has 1 heterocycles. The van der Waals surface area contributed by atoms with Gasteiger partial charge in [0.25, 0.3) is 0 Å². The first-order valence-corrected chi connectivity index (χ1v) is 12.1. The normalized spacial score (nSPS) is 16.5. The maximum atomic E-state index is 5.40. The van der Waals surface area contributed by atoms with Crippen molar-refractivity contribution in [3.63, 3.8) is 0 Å². The molecule has 1 aliphatic carbocycles. The van der Waals surface area contributed by atoms with Gasteiger partial charge < -0.3 is 9.64 Å². The minimum absolute atomic E-state index is 0.284. The molecule has 0 bridgehead atoms. The number of fused-ring (bicyclic) bond motifs is 3. The molecule has 1 aliphatic heterocycles. The topological polar surface area (TPSA) is 12.5 Å².